The normalized spacial score (nSPS) is 11.4. The van der Waals surface area contributed by atoms with Crippen LogP contribution in [0.4, 0.5) is 5.13 Å². The van der Waals surface area contributed by atoms with E-state index in [9.17, 15) is 9.90 Å². The van der Waals surface area contributed by atoms with E-state index < -0.39 is 5.97 Å². The van der Waals surface area contributed by atoms with Crippen LogP contribution in [0.25, 0.3) is 11.3 Å². The molecule has 2 N–H and O–H groups in total. The molecule has 0 amide bonds. The Hall–Kier alpha value is -2.12. The average Bonchev–Trinajstić information content (AvgIpc) is 3.11. The second kappa shape index (κ2) is 8.71. The molecule has 1 heterocycles. The monoisotopic (exact) mass is 439 g/mol. The summed E-state index contributed by atoms with van der Waals surface area (Å²) in [6.07, 6.45) is 0.157. The molecule has 5 nitrogen and oxygen atoms in total. The largest absolute Gasteiger partial charge is 0.477 e. The number of nitrogens with one attached hydrogen (secondary N) is 1. The van der Waals surface area contributed by atoms with Crippen molar-refractivity contribution >= 4 is 63.0 Å². The van der Waals surface area contributed by atoms with E-state index in [1.807, 2.05) is 5.38 Å². The molecule has 138 valence electrons. The molecule has 1 aromatic heterocycles. The summed E-state index contributed by atoms with van der Waals surface area (Å²) < 4.78 is 0. The van der Waals surface area contributed by atoms with E-state index in [4.69, 9.17) is 34.8 Å². The van der Waals surface area contributed by atoms with Crippen LogP contribution in [0.5, 0.6) is 0 Å². The van der Waals surface area contributed by atoms with Gasteiger partial charge in [-0.15, -0.1) is 11.3 Å². The number of carboxylic acid groups (broad SMARTS) is 1. The van der Waals surface area contributed by atoms with Gasteiger partial charge in [-0.05, 0) is 29.8 Å². The third-order valence-electron chi connectivity index (χ3n) is 3.54. The van der Waals surface area contributed by atoms with E-state index in [1.165, 1.54) is 11.3 Å². The van der Waals surface area contributed by atoms with Gasteiger partial charge in [0.15, 0.2) is 0 Å². The number of aliphatic carboxylic acids is 1. The number of thiazole rings is 1. The molecule has 0 aliphatic carbocycles. The minimum absolute atomic E-state index is 0.0383. The van der Waals surface area contributed by atoms with E-state index in [2.05, 4.69) is 15.5 Å². The molecule has 3 rings (SSSR count). The lowest BCUT2D eigenvalue weighted by Crippen LogP contribution is -2.17. The maximum absolute atomic E-state index is 11.4. The molecule has 27 heavy (non-hydrogen) atoms. The molecular weight excluding hydrogens is 429 g/mol. The molecule has 0 atom stereocenters. The molecule has 0 fully saturated rings. The van der Waals surface area contributed by atoms with Crippen LogP contribution in [0.15, 0.2) is 52.9 Å². The molecule has 0 aliphatic rings. The fourth-order valence-electron chi connectivity index (χ4n) is 2.19. The standard InChI is InChI=1S/C18H12Cl3N3O2S/c19-12-4-1-10(2-5-12)7-15(17(25)26)23-24-18-22-16(9-27-18)11-3-6-13(20)14(21)8-11/h1-6,8-9H,7H2,(H,22,24)(H,25,26)/b23-15-. The van der Waals surface area contributed by atoms with E-state index in [0.29, 0.717) is 25.9 Å². The zero-order valence-corrected chi connectivity index (χ0v) is 16.7. The highest BCUT2D eigenvalue weighted by molar-refractivity contribution is 7.14. The number of hydrazone groups is 1. The number of hydrogen-bond donors (Lipinski definition) is 2. The van der Waals surface area contributed by atoms with Crippen molar-refractivity contribution in [1.82, 2.24) is 4.98 Å². The van der Waals surface area contributed by atoms with Crippen LogP contribution in [-0.2, 0) is 11.2 Å². The highest BCUT2D eigenvalue weighted by Crippen LogP contribution is 2.30. The SMILES string of the molecule is O=C(O)/C(Cc1ccc(Cl)cc1)=N\Nc1nc(-c2ccc(Cl)c(Cl)c2)cs1. The first-order chi connectivity index (χ1) is 12.9. The van der Waals surface area contributed by atoms with Gasteiger partial charge >= 0.3 is 5.97 Å². The summed E-state index contributed by atoms with van der Waals surface area (Å²) in [5.41, 5.74) is 4.94. The molecule has 0 radical (unpaired) electrons. The Labute approximate surface area is 174 Å². The highest BCUT2D eigenvalue weighted by Gasteiger charge is 2.12. The van der Waals surface area contributed by atoms with Gasteiger partial charge in [-0.1, -0.05) is 53.0 Å². The summed E-state index contributed by atoms with van der Waals surface area (Å²) in [7, 11) is 0. The molecule has 0 aliphatic heterocycles. The van der Waals surface area contributed by atoms with Crippen LogP contribution in [-0.4, -0.2) is 21.8 Å². The first-order valence-corrected chi connectivity index (χ1v) is 9.65. The summed E-state index contributed by atoms with van der Waals surface area (Å²) in [5.74, 6) is -1.11. The van der Waals surface area contributed by atoms with Crippen LogP contribution in [0.3, 0.4) is 0 Å². The molecule has 0 bridgehead atoms. The Balaban J connectivity index is 1.75. The summed E-state index contributed by atoms with van der Waals surface area (Å²) in [6, 6.07) is 12.1. The minimum atomic E-state index is -1.11. The summed E-state index contributed by atoms with van der Waals surface area (Å²) in [4.78, 5) is 15.8. The third kappa shape index (κ3) is 5.20. The van der Waals surface area contributed by atoms with Crippen molar-refractivity contribution < 1.29 is 9.90 Å². The minimum Gasteiger partial charge on any atom is -0.477 e. The van der Waals surface area contributed by atoms with Crippen LogP contribution >= 0.6 is 46.1 Å². The lowest BCUT2D eigenvalue weighted by Gasteiger charge is -2.03. The highest BCUT2D eigenvalue weighted by atomic mass is 35.5. The van der Waals surface area contributed by atoms with Crippen LogP contribution in [0.1, 0.15) is 5.56 Å². The molecule has 3 aromatic rings. The predicted octanol–water partition coefficient (Wildman–Crippen LogP) is 5.87. The Morgan fingerprint density at radius 3 is 2.52 bits per heavy atom. The Bertz CT molecular complexity index is 1000. The fraction of sp³-hybridized carbons (Fsp3) is 0.0556. The first-order valence-electron chi connectivity index (χ1n) is 7.63. The summed E-state index contributed by atoms with van der Waals surface area (Å²) in [6.45, 7) is 0. The topological polar surface area (TPSA) is 74.6 Å². The number of carboxylic acids is 1. The molecule has 0 saturated carbocycles. The zero-order valence-electron chi connectivity index (χ0n) is 13.6. The van der Waals surface area contributed by atoms with Crippen molar-refractivity contribution in [3.8, 4) is 11.3 Å². The van der Waals surface area contributed by atoms with Crippen molar-refractivity contribution in [2.24, 2.45) is 5.10 Å². The van der Waals surface area contributed by atoms with Crippen molar-refractivity contribution in [2.75, 3.05) is 5.43 Å². The van der Waals surface area contributed by atoms with Crippen molar-refractivity contribution in [3.63, 3.8) is 0 Å². The lowest BCUT2D eigenvalue weighted by atomic mass is 10.1. The van der Waals surface area contributed by atoms with Gasteiger partial charge < -0.3 is 5.11 Å². The van der Waals surface area contributed by atoms with Gasteiger partial charge in [0.1, 0.15) is 5.71 Å². The summed E-state index contributed by atoms with van der Waals surface area (Å²) in [5, 5.41) is 17.1. The Morgan fingerprint density at radius 1 is 1.11 bits per heavy atom. The van der Waals surface area contributed by atoms with Crippen molar-refractivity contribution in [3.05, 3.63) is 68.5 Å². The number of anilines is 1. The van der Waals surface area contributed by atoms with E-state index in [1.54, 1.807) is 42.5 Å². The smallest absolute Gasteiger partial charge is 0.352 e. The van der Waals surface area contributed by atoms with Gasteiger partial charge in [-0.2, -0.15) is 5.10 Å². The van der Waals surface area contributed by atoms with Gasteiger partial charge in [0, 0.05) is 22.4 Å². The first kappa shape index (κ1) is 19.6. The number of hydrogen-bond acceptors (Lipinski definition) is 5. The average molecular weight is 441 g/mol. The summed E-state index contributed by atoms with van der Waals surface area (Å²) >= 11 is 19.1. The quantitative estimate of drug-likeness (QED) is 0.371. The van der Waals surface area contributed by atoms with E-state index >= 15 is 0 Å². The molecule has 0 unspecified atom stereocenters. The third-order valence-corrected chi connectivity index (χ3v) is 5.28. The number of halogens is 3. The lowest BCUT2D eigenvalue weighted by molar-refractivity contribution is -0.129. The Kier molecular flexibility index (Phi) is 6.34. The molecule has 2 aromatic carbocycles. The van der Waals surface area contributed by atoms with E-state index in [0.717, 1.165) is 11.1 Å². The maximum Gasteiger partial charge on any atom is 0.352 e. The Morgan fingerprint density at radius 2 is 1.85 bits per heavy atom. The van der Waals surface area contributed by atoms with Crippen molar-refractivity contribution in [2.45, 2.75) is 6.42 Å². The second-order valence-electron chi connectivity index (χ2n) is 5.45. The molecule has 0 spiro atoms. The number of aromatic nitrogens is 1. The van der Waals surface area contributed by atoms with Gasteiger partial charge in [0.25, 0.3) is 0 Å². The molecular formula is C18H12Cl3N3O2S. The van der Waals surface area contributed by atoms with Gasteiger partial charge in [-0.25, -0.2) is 9.78 Å². The van der Waals surface area contributed by atoms with Gasteiger partial charge in [0.05, 0.1) is 15.7 Å². The van der Waals surface area contributed by atoms with Crippen LogP contribution in [0.2, 0.25) is 15.1 Å². The van der Waals surface area contributed by atoms with Crippen LogP contribution < -0.4 is 5.43 Å². The fourth-order valence-corrected chi connectivity index (χ4v) is 3.27. The zero-order chi connectivity index (χ0) is 19.4. The van der Waals surface area contributed by atoms with Crippen LogP contribution in [0, 0.1) is 0 Å². The van der Waals surface area contributed by atoms with E-state index in [-0.39, 0.29) is 12.1 Å². The maximum atomic E-state index is 11.4. The molecule has 9 heteroatoms. The predicted molar refractivity (Wildman–Crippen MR) is 111 cm³/mol. The number of nitrogens with zero attached hydrogens (tertiary/aromatic N) is 2. The number of carbonyl (C=O) groups is 1. The number of rotatable bonds is 6. The van der Waals surface area contributed by atoms with Crippen molar-refractivity contribution in [1.29, 1.82) is 0 Å². The molecule has 0 saturated heterocycles. The van der Waals surface area contributed by atoms with Gasteiger partial charge in [-0.3, -0.25) is 5.43 Å². The second-order valence-corrected chi connectivity index (χ2v) is 7.55. The number of benzene rings is 2. The van der Waals surface area contributed by atoms with Gasteiger partial charge in [0.2, 0.25) is 5.13 Å².